The van der Waals surface area contributed by atoms with Crippen LogP contribution in [0.1, 0.15) is 32.8 Å². The summed E-state index contributed by atoms with van der Waals surface area (Å²) in [4.78, 5) is 50.1. The Kier molecular flexibility index (Phi) is 6.61. The zero-order chi connectivity index (χ0) is 20.9. The third-order valence-electron chi connectivity index (χ3n) is 4.56. The van der Waals surface area contributed by atoms with Crippen molar-refractivity contribution in [1.29, 1.82) is 0 Å². The Morgan fingerprint density at radius 3 is 2.46 bits per heavy atom. The van der Waals surface area contributed by atoms with Crippen molar-refractivity contribution >= 4 is 23.8 Å². The van der Waals surface area contributed by atoms with E-state index in [1.165, 1.54) is 14.0 Å². The van der Waals surface area contributed by atoms with Crippen LogP contribution in [0.4, 0.5) is 4.79 Å². The molecule has 0 saturated carbocycles. The van der Waals surface area contributed by atoms with Gasteiger partial charge in [0.05, 0.1) is 7.11 Å². The first-order valence-corrected chi connectivity index (χ1v) is 9.08. The Hall–Kier alpha value is -3.10. The number of nitrogens with zero attached hydrogens (tertiary/aromatic N) is 1. The molecule has 1 aromatic carbocycles. The van der Waals surface area contributed by atoms with Crippen LogP contribution in [-0.4, -0.2) is 54.9 Å². The van der Waals surface area contributed by atoms with Gasteiger partial charge >= 0.3 is 6.03 Å². The Morgan fingerprint density at radius 2 is 1.89 bits per heavy atom. The first-order chi connectivity index (χ1) is 13.2. The SMILES string of the molecule is CCCNC(=O)C(C)NC(=O)CN1C(=O)NC(C)(c2ccc(OC)cc2)C1=O. The van der Waals surface area contributed by atoms with Gasteiger partial charge in [-0.25, -0.2) is 4.79 Å². The molecule has 2 unspecified atom stereocenters. The number of imide groups is 1. The van der Waals surface area contributed by atoms with E-state index in [-0.39, 0.29) is 5.91 Å². The second kappa shape index (κ2) is 8.73. The molecular weight excluding hydrogens is 364 g/mol. The molecule has 9 nitrogen and oxygen atoms in total. The third-order valence-corrected chi connectivity index (χ3v) is 4.56. The fraction of sp³-hybridized carbons (Fsp3) is 0.474. The van der Waals surface area contributed by atoms with Crippen LogP contribution in [0.2, 0.25) is 0 Å². The molecule has 3 N–H and O–H groups in total. The van der Waals surface area contributed by atoms with Gasteiger partial charge in [0.2, 0.25) is 11.8 Å². The van der Waals surface area contributed by atoms with E-state index in [4.69, 9.17) is 4.74 Å². The predicted octanol–water partition coefficient (Wildman–Crippen LogP) is 0.493. The molecule has 9 heteroatoms. The van der Waals surface area contributed by atoms with Crippen molar-refractivity contribution in [3.63, 3.8) is 0 Å². The second-order valence-corrected chi connectivity index (χ2v) is 6.76. The maximum atomic E-state index is 12.8. The van der Waals surface area contributed by atoms with Crippen LogP contribution in [0, 0.1) is 0 Å². The summed E-state index contributed by atoms with van der Waals surface area (Å²) < 4.78 is 5.10. The summed E-state index contributed by atoms with van der Waals surface area (Å²) in [5.74, 6) is -0.839. The molecule has 0 aliphatic carbocycles. The van der Waals surface area contributed by atoms with E-state index < -0.39 is 36.0 Å². The molecular formula is C19H26N4O5. The van der Waals surface area contributed by atoms with Crippen molar-refractivity contribution in [3.8, 4) is 5.75 Å². The first kappa shape index (κ1) is 21.2. The van der Waals surface area contributed by atoms with E-state index >= 15 is 0 Å². The monoisotopic (exact) mass is 390 g/mol. The van der Waals surface area contributed by atoms with Crippen LogP contribution in [0.5, 0.6) is 5.75 Å². The smallest absolute Gasteiger partial charge is 0.325 e. The van der Waals surface area contributed by atoms with Gasteiger partial charge < -0.3 is 20.7 Å². The maximum absolute atomic E-state index is 12.8. The molecule has 0 spiro atoms. The molecule has 2 rings (SSSR count). The largest absolute Gasteiger partial charge is 0.497 e. The van der Waals surface area contributed by atoms with Gasteiger partial charge in [-0.05, 0) is 38.0 Å². The predicted molar refractivity (Wildman–Crippen MR) is 101 cm³/mol. The average Bonchev–Trinajstić information content (AvgIpc) is 2.90. The van der Waals surface area contributed by atoms with Crippen LogP contribution in [0.25, 0.3) is 0 Å². The normalized spacial score (nSPS) is 19.8. The number of methoxy groups -OCH3 is 1. The summed E-state index contributed by atoms with van der Waals surface area (Å²) in [6, 6.07) is 5.30. The zero-order valence-electron chi connectivity index (χ0n) is 16.5. The number of hydrogen-bond acceptors (Lipinski definition) is 5. The number of rotatable bonds is 8. The molecule has 5 amide bonds. The lowest BCUT2D eigenvalue weighted by molar-refractivity contribution is -0.135. The highest BCUT2D eigenvalue weighted by molar-refractivity contribution is 6.09. The van der Waals surface area contributed by atoms with Crippen LogP contribution in [-0.2, 0) is 19.9 Å². The number of urea groups is 1. The highest BCUT2D eigenvalue weighted by Crippen LogP contribution is 2.29. The Balaban J connectivity index is 2.04. The molecule has 1 fully saturated rings. The summed E-state index contributed by atoms with van der Waals surface area (Å²) in [7, 11) is 1.53. The highest BCUT2D eigenvalue weighted by atomic mass is 16.5. The van der Waals surface area contributed by atoms with E-state index in [9.17, 15) is 19.2 Å². The van der Waals surface area contributed by atoms with Crippen LogP contribution < -0.4 is 20.7 Å². The van der Waals surface area contributed by atoms with E-state index in [1.807, 2.05) is 6.92 Å². The minimum atomic E-state index is -1.28. The minimum absolute atomic E-state index is 0.324. The van der Waals surface area contributed by atoms with Crippen LogP contribution in [0.3, 0.4) is 0 Å². The number of nitrogens with one attached hydrogen (secondary N) is 3. The summed E-state index contributed by atoms with van der Waals surface area (Å²) in [5.41, 5.74) is -0.713. The standard InChI is InChI=1S/C19H26N4O5/c1-5-10-20-16(25)12(2)21-15(24)11-23-17(26)19(3,22-18(23)27)13-6-8-14(28-4)9-7-13/h6-9,12H,5,10-11H2,1-4H3,(H,20,25)(H,21,24)(H,22,27). The fourth-order valence-corrected chi connectivity index (χ4v) is 2.86. The molecule has 0 bridgehead atoms. The summed E-state index contributed by atoms with van der Waals surface area (Å²) in [6.45, 7) is 5.07. The van der Waals surface area contributed by atoms with Gasteiger partial charge in [-0.15, -0.1) is 0 Å². The topological polar surface area (TPSA) is 117 Å². The lowest BCUT2D eigenvalue weighted by Crippen LogP contribution is -2.49. The molecule has 28 heavy (non-hydrogen) atoms. The number of ether oxygens (including phenoxy) is 1. The molecule has 2 atom stereocenters. The van der Waals surface area contributed by atoms with Gasteiger partial charge in [0.15, 0.2) is 0 Å². The van der Waals surface area contributed by atoms with Crippen LogP contribution >= 0.6 is 0 Å². The quantitative estimate of drug-likeness (QED) is 0.559. The van der Waals surface area contributed by atoms with E-state index in [0.29, 0.717) is 17.9 Å². The third kappa shape index (κ3) is 4.41. The van der Waals surface area contributed by atoms with Crippen molar-refractivity contribution in [2.45, 2.75) is 38.8 Å². The average molecular weight is 390 g/mol. The zero-order valence-corrected chi connectivity index (χ0v) is 16.5. The number of hydrogen-bond donors (Lipinski definition) is 3. The Labute approximate surface area is 163 Å². The first-order valence-electron chi connectivity index (χ1n) is 9.08. The molecule has 152 valence electrons. The van der Waals surface area contributed by atoms with Crippen molar-refractivity contribution in [2.75, 3.05) is 20.2 Å². The van der Waals surface area contributed by atoms with Crippen molar-refractivity contribution in [1.82, 2.24) is 20.9 Å². The molecule has 1 saturated heterocycles. The summed E-state index contributed by atoms with van der Waals surface area (Å²) in [5, 5.41) is 7.80. The molecule has 1 aliphatic heterocycles. The van der Waals surface area contributed by atoms with Gasteiger partial charge in [-0.1, -0.05) is 19.1 Å². The number of benzene rings is 1. The van der Waals surface area contributed by atoms with Crippen LogP contribution in [0.15, 0.2) is 24.3 Å². The summed E-state index contributed by atoms with van der Waals surface area (Å²) in [6.07, 6.45) is 0.777. The fourth-order valence-electron chi connectivity index (χ4n) is 2.86. The van der Waals surface area contributed by atoms with Gasteiger partial charge in [0.25, 0.3) is 5.91 Å². The molecule has 0 aromatic heterocycles. The van der Waals surface area contributed by atoms with Crippen molar-refractivity contribution in [2.24, 2.45) is 0 Å². The Bertz CT molecular complexity index is 764. The van der Waals surface area contributed by atoms with E-state index in [0.717, 1.165) is 11.3 Å². The molecule has 0 radical (unpaired) electrons. The maximum Gasteiger partial charge on any atom is 0.325 e. The lowest BCUT2D eigenvalue weighted by atomic mass is 9.92. The number of carbonyl (C=O) groups is 4. The number of amides is 5. The van der Waals surface area contributed by atoms with Crippen molar-refractivity contribution < 1.29 is 23.9 Å². The van der Waals surface area contributed by atoms with E-state index in [2.05, 4.69) is 16.0 Å². The highest BCUT2D eigenvalue weighted by Gasteiger charge is 2.49. The van der Waals surface area contributed by atoms with Gasteiger partial charge in [-0.3, -0.25) is 19.3 Å². The molecule has 1 aromatic rings. The second-order valence-electron chi connectivity index (χ2n) is 6.76. The van der Waals surface area contributed by atoms with Gasteiger partial charge in [0.1, 0.15) is 23.9 Å². The van der Waals surface area contributed by atoms with Gasteiger partial charge in [-0.2, -0.15) is 0 Å². The number of carbonyl (C=O) groups excluding carboxylic acids is 4. The van der Waals surface area contributed by atoms with E-state index in [1.54, 1.807) is 31.2 Å². The van der Waals surface area contributed by atoms with Gasteiger partial charge in [0, 0.05) is 6.54 Å². The molecule has 1 heterocycles. The van der Waals surface area contributed by atoms with Crippen molar-refractivity contribution in [3.05, 3.63) is 29.8 Å². The Morgan fingerprint density at radius 1 is 1.25 bits per heavy atom. The minimum Gasteiger partial charge on any atom is -0.497 e. The lowest BCUT2D eigenvalue weighted by Gasteiger charge is -2.22. The molecule has 1 aliphatic rings. The summed E-state index contributed by atoms with van der Waals surface area (Å²) >= 11 is 0.